The number of piperazine rings is 1. The average molecular weight is 420 g/mol. The fourth-order valence-corrected chi connectivity index (χ4v) is 4.09. The highest BCUT2D eigenvalue weighted by Crippen LogP contribution is 2.11. The third kappa shape index (κ3) is 5.21. The normalized spacial score (nSPS) is 15.3. The van der Waals surface area contributed by atoms with Crippen molar-refractivity contribution in [2.24, 2.45) is 0 Å². The number of ether oxygens (including phenoxy) is 1. The number of benzene rings is 1. The largest absolute Gasteiger partial charge is 0.492 e. The van der Waals surface area contributed by atoms with Crippen molar-refractivity contribution in [3.05, 3.63) is 58.5 Å². The second-order valence-electron chi connectivity index (χ2n) is 6.53. The summed E-state index contributed by atoms with van der Waals surface area (Å²) in [5, 5.41) is 4.16. The molecule has 0 unspecified atom stereocenters. The van der Waals surface area contributed by atoms with Gasteiger partial charge in [-0.2, -0.15) is 9.40 Å². The Morgan fingerprint density at radius 1 is 1.07 bits per heavy atom. The Morgan fingerprint density at radius 3 is 2.41 bits per heavy atom. The van der Waals surface area contributed by atoms with Crippen LogP contribution in [0.2, 0.25) is 0 Å². The molecule has 156 valence electrons. The Labute approximate surface area is 169 Å². The maximum atomic E-state index is 12.7. The van der Waals surface area contributed by atoms with Crippen molar-refractivity contribution in [1.82, 2.24) is 19.0 Å². The lowest BCUT2D eigenvalue weighted by molar-refractivity contribution is 0.0688. The molecule has 2 heterocycles. The summed E-state index contributed by atoms with van der Waals surface area (Å²) in [6.07, 6.45) is 0. The quantitative estimate of drug-likeness (QED) is 0.644. The summed E-state index contributed by atoms with van der Waals surface area (Å²) in [6.45, 7) is 3.13. The van der Waals surface area contributed by atoms with Gasteiger partial charge in [-0.1, -0.05) is 18.2 Å². The van der Waals surface area contributed by atoms with Crippen LogP contribution in [-0.4, -0.2) is 71.8 Å². The average Bonchev–Trinajstić information content (AvgIpc) is 2.75. The van der Waals surface area contributed by atoms with Crippen LogP contribution in [0.4, 0.5) is 0 Å². The first-order chi connectivity index (χ1) is 13.9. The number of rotatable bonds is 7. The molecule has 1 aromatic heterocycles. The monoisotopic (exact) mass is 420 g/mol. The number of carbonyl (C=O) groups is 1. The fourth-order valence-electron chi connectivity index (χ4n) is 3.00. The van der Waals surface area contributed by atoms with Gasteiger partial charge in [0, 0.05) is 32.2 Å². The summed E-state index contributed by atoms with van der Waals surface area (Å²) in [7, 11) is -3.26. The zero-order valence-corrected chi connectivity index (χ0v) is 17.0. The van der Waals surface area contributed by atoms with Crippen molar-refractivity contribution in [2.45, 2.75) is 13.5 Å². The summed E-state index contributed by atoms with van der Waals surface area (Å²) in [6, 6.07) is 11.9. The molecule has 3 rings (SSSR count). The molecular formula is C19H24N4O5S. The topological polar surface area (TPSA) is 102 Å². The summed E-state index contributed by atoms with van der Waals surface area (Å²) in [4.78, 5) is 26.3. The molecule has 29 heavy (non-hydrogen) atoms. The predicted molar refractivity (Wildman–Crippen MR) is 107 cm³/mol. The van der Waals surface area contributed by atoms with Crippen molar-refractivity contribution in [3.63, 3.8) is 0 Å². The lowest BCUT2D eigenvalue weighted by atomic mass is 10.3. The zero-order chi connectivity index (χ0) is 20.9. The van der Waals surface area contributed by atoms with Crippen LogP contribution in [0, 0.1) is 0 Å². The van der Waals surface area contributed by atoms with E-state index in [-0.39, 0.29) is 62.2 Å². The van der Waals surface area contributed by atoms with E-state index in [0.29, 0.717) is 5.75 Å². The van der Waals surface area contributed by atoms with Crippen LogP contribution in [0.15, 0.2) is 47.3 Å². The van der Waals surface area contributed by atoms with E-state index in [2.05, 4.69) is 5.10 Å². The molecule has 9 nitrogen and oxygen atoms in total. The number of hydrogen-bond acceptors (Lipinski definition) is 6. The minimum atomic E-state index is -3.26. The van der Waals surface area contributed by atoms with Crippen LogP contribution in [0.1, 0.15) is 17.4 Å². The van der Waals surface area contributed by atoms with Crippen LogP contribution in [0.25, 0.3) is 0 Å². The van der Waals surface area contributed by atoms with E-state index in [0.717, 1.165) is 0 Å². The Balaban J connectivity index is 1.61. The summed E-state index contributed by atoms with van der Waals surface area (Å²) < 4.78 is 32.1. The van der Waals surface area contributed by atoms with E-state index >= 15 is 0 Å². The van der Waals surface area contributed by atoms with Crippen molar-refractivity contribution < 1.29 is 17.9 Å². The molecule has 0 saturated carbocycles. The molecule has 2 aromatic rings. The lowest BCUT2D eigenvalue weighted by Gasteiger charge is -2.33. The molecule has 1 amide bonds. The second-order valence-corrected chi connectivity index (χ2v) is 8.79. The first kappa shape index (κ1) is 21.0. The van der Waals surface area contributed by atoms with Crippen LogP contribution in [0.3, 0.4) is 0 Å². The van der Waals surface area contributed by atoms with Crippen LogP contribution >= 0.6 is 0 Å². The van der Waals surface area contributed by atoms with E-state index in [9.17, 15) is 18.0 Å². The zero-order valence-electron chi connectivity index (χ0n) is 16.2. The van der Waals surface area contributed by atoms with Gasteiger partial charge in [0.05, 0.1) is 12.3 Å². The molecule has 1 saturated heterocycles. The molecular weight excluding hydrogens is 396 g/mol. The van der Waals surface area contributed by atoms with Gasteiger partial charge in [-0.3, -0.25) is 9.59 Å². The van der Waals surface area contributed by atoms with Gasteiger partial charge in [-0.05, 0) is 25.1 Å². The number of sulfonamides is 1. The molecule has 0 spiro atoms. The van der Waals surface area contributed by atoms with Gasteiger partial charge in [0.15, 0.2) is 0 Å². The molecule has 0 N–H and O–H groups in total. The van der Waals surface area contributed by atoms with Gasteiger partial charge in [-0.15, -0.1) is 0 Å². The third-order valence-corrected chi connectivity index (χ3v) is 6.57. The van der Waals surface area contributed by atoms with Gasteiger partial charge < -0.3 is 9.64 Å². The lowest BCUT2D eigenvalue weighted by Crippen LogP contribution is -2.51. The van der Waals surface area contributed by atoms with Gasteiger partial charge >= 0.3 is 0 Å². The highest BCUT2D eigenvalue weighted by molar-refractivity contribution is 7.89. The Hall–Kier alpha value is -2.72. The highest BCUT2D eigenvalue weighted by Gasteiger charge is 2.28. The number of amides is 1. The predicted octanol–water partition coefficient (Wildman–Crippen LogP) is 0.430. The van der Waals surface area contributed by atoms with Crippen molar-refractivity contribution >= 4 is 15.9 Å². The minimum absolute atomic E-state index is 0.0402. The van der Waals surface area contributed by atoms with Crippen molar-refractivity contribution in [2.75, 3.05) is 38.5 Å². The maximum absolute atomic E-state index is 12.7. The number of para-hydroxylation sites is 1. The molecule has 1 aromatic carbocycles. The SMILES string of the molecule is CCS(=O)(=O)N1CCN(C(=O)c2ccc(=O)n(CCOc3ccccc3)n2)CC1. The van der Waals surface area contributed by atoms with Crippen molar-refractivity contribution in [3.8, 4) is 5.75 Å². The molecule has 0 aliphatic carbocycles. The molecule has 0 radical (unpaired) electrons. The first-order valence-corrected chi connectivity index (χ1v) is 11.0. The first-order valence-electron chi connectivity index (χ1n) is 9.44. The Morgan fingerprint density at radius 2 is 1.76 bits per heavy atom. The summed E-state index contributed by atoms with van der Waals surface area (Å²) in [5.74, 6) is 0.405. The Bertz CT molecular complexity index is 999. The van der Waals surface area contributed by atoms with E-state index in [1.54, 1.807) is 11.8 Å². The number of hydrogen-bond donors (Lipinski definition) is 0. The van der Waals surface area contributed by atoms with Gasteiger partial charge in [-0.25, -0.2) is 13.1 Å². The van der Waals surface area contributed by atoms with E-state index in [1.165, 1.54) is 21.1 Å². The third-order valence-electron chi connectivity index (χ3n) is 4.68. The molecule has 10 heteroatoms. The standard InChI is InChI=1S/C19H24N4O5S/c1-2-29(26,27)22-12-10-21(11-13-22)19(25)17-8-9-18(24)23(20-17)14-15-28-16-6-4-3-5-7-16/h3-9H,2,10-15H2,1H3. The number of aromatic nitrogens is 2. The second kappa shape index (κ2) is 9.19. The van der Waals surface area contributed by atoms with E-state index < -0.39 is 10.0 Å². The molecule has 1 fully saturated rings. The molecule has 0 atom stereocenters. The number of carbonyl (C=O) groups excluding carboxylic acids is 1. The van der Waals surface area contributed by atoms with Crippen LogP contribution in [-0.2, 0) is 16.6 Å². The summed E-state index contributed by atoms with van der Waals surface area (Å²) >= 11 is 0. The smallest absolute Gasteiger partial charge is 0.274 e. The van der Waals surface area contributed by atoms with Crippen LogP contribution in [0.5, 0.6) is 5.75 Å². The van der Waals surface area contributed by atoms with Crippen LogP contribution < -0.4 is 10.3 Å². The van der Waals surface area contributed by atoms with Gasteiger partial charge in [0.1, 0.15) is 18.1 Å². The van der Waals surface area contributed by atoms with Gasteiger partial charge in [0.25, 0.3) is 11.5 Å². The van der Waals surface area contributed by atoms with Crippen molar-refractivity contribution in [1.29, 1.82) is 0 Å². The summed E-state index contributed by atoms with van der Waals surface area (Å²) in [5.41, 5.74) is -0.173. The number of nitrogens with zero attached hydrogens (tertiary/aromatic N) is 4. The Kier molecular flexibility index (Phi) is 6.65. The maximum Gasteiger partial charge on any atom is 0.274 e. The minimum Gasteiger partial charge on any atom is -0.492 e. The highest BCUT2D eigenvalue weighted by atomic mass is 32.2. The molecule has 0 bridgehead atoms. The van der Waals surface area contributed by atoms with E-state index in [1.807, 2.05) is 30.3 Å². The molecule has 1 aliphatic heterocycles. The van der Waals surface area contributed by atoms with E-state index in [4.69, 9.17) is 4.74 Å². The van der Waals surface area contributed by atoms with Gasteiger partial charge in [0.2, 0.25) is 10.0 Å². The molecule has 1 aliphatic rings. The fraction of sp³-hybridized carbons (Fsp3) is 0.421.